The number of halogens is 1. The molecule has 1 heterocycles. The molecule has 2 N–H and O–H groups in total. The molecule has 0 aromatic heterocycles. The van der Waals surface area contributed by atoms with E-state index in [1.807, 2.05) is 30.3 Å². The fraction of sp³-hybridized carbons (Fsp3) is 0.118. The minimum atomic E-state index is -0.580. The highest BCUT2D eigenvalue weighted by Gasteiger charge is 2.40. The fourth-order valence-corrected chi connectivity index (χ4v) is 3.45. The van der Waals surface area contributed by atoms with Gasteiger partial charge in [0.1, 0.15) is 5.25 Å². The third kappa shape index (κ3) is 3.60. The van der Waals surface area contributed by atoms with Gasteiger partial charge in [0.2, 0.25) is 11.8 Å². The quantitative estimate of drug-likeness (QED) is 0.518. The minimum absolute atomic E-state index is 0.0843. The van der Waals surface area contributed by atoms with Gasteiger partial charge in [-0.1, -0.05) is 47.6 Å². The van der Waals surface area contributed by atoms with Crippen molar-refractivity contribution in [2.45, 2.75) is 11.7 Å². The van der Waals surface area contributed by atoms with Gasteiger partial charge in [-0.2, -0.15) is 0 Å². The van der Waals surface area contributed by atoms with Gasteiger partial charge in [0.05, 0.1) is 11.4 Å². The van der Waals surface area contributed by atoms with Gasteiger partial charge in [0, 0.05) is 11.4 Å². The molecule has 3 rings (SSSR count). The molecule has 0 saturated carbocycles. The first-order valence-corrected chi connectivity index (χ1v) is 8.48. The van der Waals surface area contributed by atoms with Gasteiger partial charge in [-0.05, 0) is 30.3 Å². The molecule has 0 bridgehead atoms. The maximum atomic E-state index is 12.5. The first-order chi connectivity index (χ1) is 11.5. The molecule has 1 aliphatic heterocycles. The Morgan fingerprint density at radius 3 is 2.62 bits per heavy atom. The average Bonchev–Trinajstić information content (AvgIpc) is 2.82. The van der Waals surface area contributed by atoms with Crippen molar-refractivity contribution in [1.29, 1.82) is 0 Å². The van der Waals surface area contributed by atoms with E-state index in [0.717, 1.165) is 16.7 Å². The molecule has 2 aromatic rings. The monoisotopic (exact) mass is 359 g/mol. The molecule has 1 atom stereocenters. The van der Waals surface area contributed by atoms with E-state index in [9.17, 15) is 9.59 Å². The SMILES string of the molecule is NC(=Nc1ccccc1)S[C@@H]1CC(=O)N(c2cccc(Cl)c2)C1=O. The number of hydrogen-bond donors (Lipinski definition) is 1. The molecule has 7 heteroatoms. The zero-order valence-corrected chi connectivity index (χ0v) is 14.1. The Hall–Kier alpha value is -2.31. The lowest BCUT2D eigenvalue weighted by atomic mass is 10.3. The summed E-state index contributed by atoms with van der Waals surface area (Å²) in [6.07, 6.45) is 0.0843. The Balaban J connectivity index is 1.76. The normalized spacial score (nSPS) is 18.3. The number of nitrogens with zero attached hydrogens (tertiary/aromatic N) is 2. The molecular formula is C17H14ClN3O2S. The number of aliphatic imine (C=N–C) groups is 1. The van der Waals surface area contributed by atoms with Crippen LogP contribution < -0.4 is 10.6 Å². The third-order valence-electron chi connectivity index (χ3n) is 3.43. The number of benzene rings is 2. The van der Waals surface area contributed by atoms with Crippen molar-refractivity contribution in [2.24, 2.45) is 10.7 Å². The summed E-state index contributed by atoms with van der Waals surface area (Å²) in [5.74, 6) is -0.578. The molecule has 0 spiro atoms. The second-order valence-corrected chi connectivity index (χ2v) is 6.80. The van der Waals surface area contributed by atoms with Crippen LogP contribution in [0, 0.1) is 0 Å². The van der Waals surface area contributed by atoms with E-state index < -0.39 is 5.25 Å². The fourth-order valence-electron chi connectivity index (χ4n) is 2.38. The smallest absolute Gasteiger partial charge is 0.247 e. The van der Waals surface area contributed by atoms with Crippen LogP contribution in [-0.4, -0.2) is 22.2 Å². The van der Waals surface area contributed by atoms with Crippen LogP contribution in [0.5, 0.6) is 0 Å². The van der Waals surface area contributed by atoms with Crippen molar-refractivity contribution in [2.75, 3.05) is 4.90 Å². The predicted molar refractivity (Wildman–Crippen MR) is 97.7 cm³/mol. The molecule has 24 heavy (non-hydrogen) atoms. The molecular weight excluding hydrogens is 346 g/mol. The number of carbonyl (C=O) groups is 2. The number of nitrogens with two attached hydrogens (primary N) is 1. The number of amides is 2. The zero-order valence-electron chi connectivity index (χ0n) is 12.6. The molecule has 2 aromatic carbocycles. The molecule has 2 amide bonds. The van der Waals surface area contributed by atoms with Crippen LogP contribution in [0.25, 0.3) is 0 Å². The Labute approximate surface area is 148 Å². The Morgan fingerprint density at radius 1 is 1.17 bits per heavy atom. The summed E-state index contributed by atoms with van der Waals surface area (Å²) >= 11 is 7.04. The van der Waals surface area contributed by atoms with Gasteiger partial charge < -0.3 is 5.73 Å². The summed E-state index contributed by atoms with van der Waals surface area (Å²) in [5.41, 5.74) is 7.08. The largest absolute Gasteiger partial charge is 0.378 e. The van der Waals surface area contributed by atoms with E-state index in [1.54, 1.807) is 24.3 Å². The number of para-hydroxylation sites is 1. The van der Waals surface area contributed by atoms with E-state index in [-0.39, 0.29) is 23.4 Å². The lowest BCUT2D eigenvalue weighted by molar-refractivity contribution is -0.121. The summed E-state index contributed by atoms with van der Waals surface area (Å²) in [5, 5.41) is 0.138. The molecule has 5 nitrogen and oxygen atoms in total. The Morgan fingerprint density at radius 2 is 1.92 bits per heavy atom. The number of rotatable bonds is 3. The summed E-state index contributed by atoms with van der Waals surface area (Å²) in [6.45, 7) is 0. The third-order valence-corrected chi connectivity index (χ3v) is 4.65. The van der Waals surface area contributed by atoms with Gasteiger partial charge in [-0.25, -0.2) is 9.89 Å². The maximum Gasteiger partial charge on any atom is 0.247 e. The second kappa shape index (κ2) is 7.07. The van der Waals surface area contributed by atoms with E-state index in [4.69, 9.17) is 17.3 Å². The second-order valence-electron chi connectivity index (χ2n) is 5.14. The van der Waals surface area contributed by atoms with Crippen molar-refractivity contribution in [3.05, 3.63) is 59.6 Å². The van der Waals surface area contributed by atoms with Gasteiger partial charge >= 0.3 is 0 Å². The summed E-state index contributed by atoms with van der Waals surface area (Å²) in [7, 11) is 0. The number of imide groups is 1. The minimum Gasteiger partial charge on any atom is -0.378 e. The van der Waals surface area contributed by atoms with E-state index in [0.29, 0.717) is 16.4 Å². The summed E-state index contributed by atoms with van der Waals surface area (Å²) in [6, 6.07) is 15.9. The lowest BCUT2D eigenvalue weighted by Gasteiger charge is -2.15. The highest BCUT2D eigenvalue weighted by molar-refractivity contribution is 8.15. The first kappa shape index (κ1) is 16.5. The highest BCUT2D eigenvalue weighted by Crippen LogP contribution is 2.31. The number of anilines is 1. The number of carbonyl (C=O) groups excluding carboxylic acids is 2. The van der Waals surface area contributed by atoms with Crippen LogP contribution in [0.3, 0.4) is 0 Å². The van der Waals surface area contributed by atoms with Crippen LogP contribution in [0.2, 0.25) is 5.02 Å². The van der Waals surface area contributed by atoms with Crippen LogP contribution in [-0.2, 0) is 9.59 Å². The standard InChI is InChI=1S/C17H14ClN3O2S/c18-11-5-4-8-13(9-11)21-15(22)10-14(16(21)23)24-17(19)20-12-6-2-1-3-7-12/h1-9,14H,10H2,(H2,19,20)/t14-/m1/s1. The Bertz CT molecular complexity index is 810. The van der Waals surface area contributed by atoms with Crippen molar-refractivity contribution < 1.29 is 9.59 Å². The summed E-state index contributed by atoms with van der Waals surface area (Å²) < 4.78 is 0. The number of amidine groups is 1. The van der Waals surface area contributed by atoms with Crippen LogP contribution >= 0.6 is 23.4 Å². The van der Waals surface area contributed by atoms with Crippen molar-refractivity contribution >= 4 is 51.7 Å². The summed E-state index contributed by atoms with van der Waals surface area (Å²) in [4.78, 5) is 30.2. The zero-order chi connectivity index (χ0) is 17.1. The molecule has 1 saturated heterocycles. The molecule has 0 unspecified atom stereocenters. The average molecular weight is 360 g/mol. The van der Waals surface area contributed by atoms with E-state index >= 15 is 0 Å². The predicted octanol–water partition coefficient (Wildman–Crippen LogP) is 3.35. The Kier molecular flexibility index (Phi) is 4.87. The van der Waals surface area contributed by atoms with E-state index in [2.05, 4.69) is 4.99 Å². The molecule has 0 aliphatic carbocycles. The molecule has 122 valence electrons. The molecule has 1 aliphatic rings. The van der Waals surface area contributed by atoms with Crippen molar-refractivity contribution in [3.63, 3.8) is 0 Å². The van der Waals surface area contributed by atoms with Crippen molar-refractivity contribution in [3.8, 4) is 0 Å². The number of thioether (sulfide) groups is 1. The lowest BCUT2D eigenvalue weighted by Crippen LogP contribution is -2.31. The van der Waals surface area contributed by atoms with Gasteiger partial charge in [-0.15, -0.1) is 0 Å². The molecule has 1 fully saturated rings. The number of hydrogen-bond acceptors (Lipinski definition) is 4. The molecule has 0 radical (unpaired) electrons. The van der Waals surface area contributed by atoms with Crippen molar-refractivity contribution in [1.82, 2.24) is 0 Å². The topological polar surface area (TPSA) is 75.8 Å². The van der Waals surface area contributed by atoms with E-state index in [1.165, 1.54) is 0 Å². The van der Waals surface area contributed by atoms with Gasteiger partial charge in [0.25, 0.3) is 0 Å². The van der Waals surface area contributed by atoms with Gasteiger partial charge in [-0.3, -0.25) is 9.59 Å². The van der Waals surface area contributed by atoms with Crippen LogP contribution in [0.4, 0.5) is 11.4 Å². The maximum absolute atomic E-state index is 12.5. The van der Waals surface area contributed by atoms with Crippen LogP contribution in [0.15, 0.2) is 59.6 Å². The first-order valence-electron chi connectivity index (χ1n) is 7.23. The van der Waals surface area contributed by atoms with Crippen LogP contribution in [0.1, 0.15) is 6.42 Å². The highest BCUT2D eigenvalue weighted by atomic mass is 35.5. The van der Waals surface area contributed by atoms with Gasteiger partial charge in [0.15, 0.2) is 5.17 Å².